The molecule has 3 aromatic rings. The molecular weight excluding hydrogens is 505 g/mol. The minimum Gasteiger partial charge on any atom is -0.497 e. The number of hydrogen-bond acceptors (Lipinski definition) is 4. The molecule has 2 N–H and O–H groups in total. The number of aromatic amines is 1. The summed E-state index contributed by atoms with van der Waals surface area (Å²) < 4.78 is 67.7. The number of carbonyl (C=O) groups is 1. The average Bonchev–Trinajstić information content (AvgIpc) is 3.62. The normalized spacial score (nSPS) is 16.0. The summed E-state index contributed by atoms with van der Waals surface area (Å²) in [6.45, 7) is 1.81. The largest absolute Gasteiger partial charge is 0.497 e. The first-order valence-electron chi connectivity index (χ1n) is 10.9. The molecule has 6 nitrogen and oxygen atoms in total. The monoisotopic (exact) mass is 531 g/mol. The summed E-state index contributed by atoms with van der Waals surface area (Å²) in [7, 11) is -7.98. The van der Waals surface area contributed by atoms with E-state index in [2.05, 4.69) is 15.3 Å². The van der Waals surface area contributed by atoms with Gasteiger partial charge >= 0.3 is 10.2 Å². The molecule has 0 spiro atoms. The van der Waals surface area contributed by atoms with Gasteiger partial charge in [0.05, 0.1) is 13.2 Å². The number of aryl methyl sites for hydroxylation is 1. The second-order valence-corrected chi connectivity index (χ2v) is 10.9. The highest BCUT2D eigenvalue weighted by Gasteiger charge is 2.65. The Bertz CT molecular complexity index is 1260. The fraction of sp³-hybridized carbons (Fsp3) is 0.292. The van der Waals surface area contributed by atoms with Crippen molar-refractivity contribution in [1.82, 2.24) is 15.3 Å². The van der Waals surface area contributed by atoms with E-state index in [9.17, 15) is 29.0 Å². The Kier molecular flexibility index (Phi) is 7.22. The van der Waals surface area contributed by atoms with Gasteiger partial charge in [-0.3, -0.25) is 9.59 Å². The average molecular weight is 532 g/mol. The van der Waals surface area contributed by atoms with Crippen molar-refractivity contribution >= 4 is 16.6 Å². The van der Waals surface area contributed by atoms with Crippen LogP contribution in [0.25, 0.3) is 0 Å². The van der Waals surface area contributed by atoms with Crippen LogP contribution >= 0.6 is 10.2 Å². The summed E-state index contributed by atoms with van der Waals surface area (Å²) in [5.74, 6) is 1.66. The maximum absolute atomic E-state index is 12.5. The van der Waals surface area contributed by atoms with Gasteiger partial charge in [-0.05, 0) is 61.1 Å². The lowest BCUT2D eigenvalue weighted by atomic mass is 10.0. The number of amides is 1. The maximum Gasteiger partial charge on any atom is 0.310 e. The summed E-state index contributed by atoms with van der Waals surface area (Å²) in [6.07, 6.45) is 2.78. The van der Waals surface area contributed by atoms with Crippen molar-refractivity contribution in [2.24, 2.45) is 5.92 Å². The van der Waals surface area contributed by atoms with Crippen LogP contribution in [-0.2, 0) is 11.2 Å². The molecule has 1 heterocycles. The van der Waals surface area contributed by atoms with Gasteiger partial charge < -0.3 is 15.0 Å². The van der Waals surface area contributed by atoms with Gasteiger partial charge in [-0.15, -0.1) is 0 Å². The van der Waals surface area contributed by atoms with E-state index >= 15 is 0 Å². The van der Waals surface area contributed by atoms with E-state index in [-0.39, 0.29) is 11.5 Å². The zero-order chi connectivity index (χ0) is 26.6. The molecule has 1 aromatic heterocycles. The Morgan fingerprint density at radius 3 is 2.17 bits per heavy atom. The molecule has 36 heavy (non-hydrogen) atoms. The number of carbonyl (C=O) groups excluding carboxylic acids is 1. The Morgan fingerprint density at radius 2 is 1.69 bits per heavy atom. The molecule has 0 saturated heterocycles. The lowest BCUT2D eigenvalue weighted by Gasteiger charge is -2.40. The number of rotatable bonds is 8. The standard InChI is InChI=1S/C13H14N2O2.C11H12F5NOS/c1-9-7-13(16)15-12(14-9)8-10-3-5-11(17-2)6-4-10;12-19(13,14,15,16)10-5-3-9(4-6-10)11(17-7-18)8-1-2-8/h3-7H,8H2,1-2H3,(H,14,15,16);3-8,11H,1-2H2,(H,17,18). The number of nitrogens with zero attached hydrogens (tertiary/aromatic N) is 1. The molecule has 1 atom stereocenters. The van der Waals surface area contributed by atoms with Crippen molar-refractivity contribution in [3.63, 3.8) is 0 Å². The van der Waals surface area contributed by atoms with Crippen LogP contribution in [0.2, 0.25) is 0 Å². The Balaban J connectivity index is 0.000000202. The summed E-state index contributed by atoms with van der Waals surface area (Å²) in [5, 5.41) is 2.50. The maximum atomic E-state index is 12.5. The van der Waals surface area contributed by atoms with Crippen molar-refractivity contribution in [1.29, 1.82) is 0 Å². The SMILES string of the molecule is COc1ccc(Cc2nc(C)cc(=O)[nH]2)cc1.O=CNC(c1ccc(S(F)(F)(F)(F)F)cc1)C1CC1. The summed E-state index contributed by atoms with van der Waals surface area (Å²) in [6, 6.07) is 11.5. The molecule has 2 aromatic carbocycles. The van der Waals surface area contributed by atoms with Crippen LogP contribution in [0, 0.1) is 12.8 Å². The summed E-state index contributed by atoms with van der Waals surface area (Å²) in [5.41, 5.74) is 2.11. The Morgan fingerprint density at radius 1 is 1.08 bits per heavy atom. The molecule has 4 rings (SSSR count). The van der Waals surface area contributed by atoms with E-state index < -0.39 is 21.2 Å². The molecule has 12 heteroatoms. The lowest BCUT2D eigenvalue weighted by molar-refractivity contribution is -0.110. The second kappa shape index (κ2) is 9.57. The molecular formula is C24H26F5N3O3S. The van der Waals surface area contributed by atoms with E-state index in [4.69, 9.17) is 4.74 Å². The highest BCUT2D eigenvalue weighted by atomic mass is 32.5. The number of hydrogen-bond donors (Lipinski definition) is 2. The van der Waals surface area contributed by atoms with E-state index in [1.165, 1.54) is 6.07 Å². The van der Waals surface area contributed by atoms with Crippen LogP contribution in [0.1, 0.15) is 41.5 Å². The molecule has 1 amide bonds. The quantitative estimate of drug-likeness (QED) is 0.267. The first-order valence-corrected chi connectivity index (χ1v) is 12.9. The van der Waals surface area contributed by atoms with E-state index in [1.54, 1.807) is 7.11 Å². The predicted molar refractivity (Wildman–Crippen MR) is 128 cm³/mol. The molecule has 1 saturated carbocycles. The lowest BCUT2D eigenvalue weighted by Crippen LogP contribution is -2.21. The van der Waals surface area contributed by atoms with Crippen molar-refractivity contribution in [2.45, 2.75) is 37.1 Å². The minimum absolute atomic E-state index is 0.110. The number of nitrogens with one attached hydrogen (secondary N) is 2. The third kappa shape index (κ3) is 7.80. The molecule has 0 aliphatic heterocycles. The molecule has 1 unspecified atom stereocenters. The zero-order valence-corrected chi connectivity index (χ0v) is 20.3. The molecule has 0 bridgehead atoms. The topological polar surface area (TPSA) is 84.1 Å². The van der Waals surface area contributed by atoms with Crippen molar-refractivity contribution in [2.75, 3.05) is 7.11 Å². The molecule has 1 fully saturated rings. The number of halogens is 5. The first-order chi connectivity index (χ1) is 16.7. The zero-order valence-electron chi connectivity index (χ0n) is 19.5. The van der Waals surface area contributed by atoms with E-state index in [0.29, 0.717) is 36.4 Å². The van der Waals surface area contributed by atoms with Gasteiger partial charge in [-0.2, -0.15) is 0 Å². The smallest absolute Gasteiger partial charge is 0.310 e. The van der Waals surface area contributed by atoms with Gasteiger partial charge in [0.2, 0.25) is 6.41 Å². The minimum atomic E-state index is -9.62. The highest BCUT2D eigenvalue weighted by molar-refractivity contribution is 8.45. The number of benzene rings is 2. The Hall–Kier alpha value is -3.41. The fourth-order valence-electron chi connectivity index (χ4n) is 3.60. The number of aromatic nitrogens is 2. The predicted octanol–water partition coefficient (Wildman–Crippen LogP) is 6.22. The van der Waals surface area contributed by atoms with Crippen LogP contribution in [0.4, 0.5) is 19.4 Å². The Labute approximate surface area is 204 Å². The molecule has 1 aliphatic carbocycles. The number of ether oxygens (including phenoxy) is 1. The van der Waals surface area contributed by atoms with Crippen molar-refractivity contribution in [3.8, 4) is 5.75 Å². The molecule has 1 aliphatic rings. The number of methoxy groups -OCH3 is 1. The second-order valence-electron chi connectivity index (χ2n) is 8.50. The van der Waals surface area contributed by atoms with Gasteiger partial charge in [0.25, 0.3) is 5.56 Å². The summed E-state index contributed by atoms with van der Waals surface area (Å²) in [4.78, 5) is 26.8. The first kappa shape index (κ1) is 27.2. The fourth-order valence-corrected chi connectivity index (χ4v) is 4.25. The van der Waals surface area contributed by atoms with Gasteiger partial charge in [0.1, 0.15) is 16.5 Å². The van der Waals surface area contributed by atoms with Gasteiger partial charge in [0, 0.05) is 18.2 Å². The molecule has 0 radical (unpaired) electrons. The highest BCUT2D eigenvalue weighted by Crippen LogP contribution is 3.02. The third-order valence-corrected chi connectivity index (χ3v) is 6.64. The molecule has 196 valence electrons. The van der Waals surface area contributed by atoms with Gasteiger partial charge in [0.15, 0.2) is 0 Å². The van der Waals surface area contributed by atoms with Crippen LogP contribution in [0.5, 0.6) is 5.75 Å². The van der Waals surface area contributed by atoms with Crippen LogP contribution in [0.15, 0.2) is 64.3 Å². The summed E-state index contributed by atoms with van der Waals surface area (Å²) >= 11 is 0. The van der Waals surface area contributed by atoms with E-state index in [0.717, 1.165) is 42.0 Å². The third-order valence-electron chi connectivity index (χ3n) is 5.48. The van der Waals surface area contributed by atoms with Crippen LogP contribution in [0.3, 0.4) is 0 Å². The van der Waals surface area contributed by atoms with Gasteiger partial charge in [-0.25, -0.2) is 4.98 Å². The van der Waals surface area contributed by atoms with Gasteiger partial charge in [-0.1, -0.05) is 43.7 Å². The van der Waals surface area contributed by atoms with Crippen molar-refractivity contribution < 1.29 is 29.0 Å². The number of H-pyrrole nitrogens is 1. The van der Waals surface area contributed by atoms with Crippen LogP contribution < -0.4 is 15.6 Å². The van der Waals surface area contributed by atoms with Crippen molar-refractivity contribution in [3.05, 3.63) is 87.6 Å². The van der Waals surface area contributed by atoms with E-state index in [1.807, 2.05) is 31.2 Å². The van der Waals surface area contributed by atoms with Crippen LogP contribution in [-0.4, -0.2) is 23.5 Å².